The largest absolute Gasteiger partial charge is 0.339 e. The lowest BCUT2D eigenvalue weighted by Crippen LogP contribution is -2.00. The van der Waals surface area contributed by atoms with Crippen LogP contribution in [0.4, 0.5) is 4.39 Å². The highest BCUT2D eigenvalue weighted by Crippen LogP contribution is 2.23. The molecule has 2 N–H and O–H groups in total. The van der Waals surface area contributed by atoms with E-state index in [9.17, 15) is 4.39 Å². The van der Waals surface area contributed by atoms with E-state index in [0.29, 0.717) is 34.7 Å². The third-order valence-corrected chi connectivity index (χ3v) is 2.85. The standard InChI is InChI=1S/C11H11BrFN3O/c12-8-6-7(3-4-9(8)13)11-15-10(17-16-11)2-1-5-14/h3-4,6H,1-2,5,14H2. The van der Waals surface area contributed by atoms with E-state index < -0.39 is 0 Å². The minimum absolute atomic E-state index is 0.319. The molecule has 0 aliphatic heterocycles. The van der Waals surface area contributed by atoms with Crippen LogP contribution < -0.4 is 5.73 Å². The van der Waals surface area contributed by atoms with E-state index in [1.807, 2.05) is 0 Å². The summed E-state index contributed by atoms with van der Waals surface area (Å²) in [6.45, 7) is 0.583. The van der Waals surface area contributed by atoms with Crippen molar-refractivity contribution in [1.82, 2.24) is 10.1 Å². The van der Waals surface area contributed by atoms with E-state index in [0.717, 1.165) is 6.42 Å². The Labute approximate surface area is 106 Å². The van der Waals surface area contributed by atoms with Crippen molar-refractivity contribution in [1.29, 1.82) is 0 Å². The fourth-order valence-electron chi connectivity index (χ4n) is 1.36. The fourth-order valence-corrected chi connectivity index (χ4v) is 1.74. The number of nitrogens with zero attached hydrogens (tertiary/aromatic N) is 2. The number of halogens is 2. The number of hydrogen-bond acceptors (Lipinski definition) is 4. The Morgan fingerprint density at radius 3 is 2.94 bits per heavy atom. The van der Waals surface area contributed by atoms with Gasteiger partial charge in [-0.1, -0.05) is 5.16 Å². The van der Waals surface area contributed by atoms with Gasteiger partial charge in [0.25, 0.3) is 0 Å². The molecule has 0 fully saturated rings. The molecule has 0 saturated carbocycles. The molecule has 2 rings (SSSR count). The van der Waals surface area contributed by atoms with Crippen LogP contribution in [0.25, 0.3) is 11.4 Å². The first-order valence-electron chi connectivity index (χ1n) is 5.19. The second-order valence-electron chi connectivity index (χ2n) is 3.53. The highest BCUT2D eigenvalue weighted by atomic mass is 79.9. The third-order valence-electron chi connectivity index (χ3n) is 2.24. The zero-order valence-corrected chi connectivity index (χ0v) is 10.6. The molecule has 0 bridgehead atoms. The molecule has 4 nitrogen and oxygen atoms in total. The quantitative estimate of drug-likeness (QED) is 0.942. The number of aromatic nitrogens is 2. The predicted molar refractivity (Wildman–Crippen MR) is 64.8 cm³/mol. The molecule has 0 aliphatic rings. The summed E-state index contributed by atoms with van der Waals surface area (Å²) in [5, 5.41) is 3.84. The molecule has 6 heteroatoms. The Bertz CT molecular complexity index is 515. The number of aryl methyl sites for hydroxylation is 1. The first-order chi connectivity index (χ1) is 8.20. The van der Waals surface area contributed by atoms with Crippen LogP contribution >= 0.6 is 15.9 Å². The van der Waals surface area contributed by atoms with E-state index in [-0.39, 0.29) is 5.82 Å². The van der Waals surface area contributed by atoms with Crippen molar-refractivity contribution in [2.24, 2.45) is 5.73 Å². The van der Waals surface area contributed by atoms with Gasteiger partial charge >= 0.3 is 0 Å². The van der Waals surface area contributed by atoms with Gasteiger partial charge in [-0.3, -0.25) is 0 Å². The van der Waals surface area contributed by atoms with Gasteiger partial charge in [0.05, 0.1) is 4.47 Å². The summed E-state index contributed by atoms with van der Waals surface area (Å²) in [6, 6.07) is 4.58. The maximum absolute atomic E-state index is 13.1. The lowest BCUT2D eigenvalue weighted by molar-refractivity contribution is 0.376. The lowest BCUT2D eigenvalue weighted by atomic mass is 10.2. The van der Waals surface area contributed by atoms with Crippen molar-refractivity contribution in [3.05, 3.63) is 34.4 Å². The first kappa shape index (κ1) is 12.2. The number of rotatable bonds is 4. The topological polar surface area (TPSA) is 64.9 Å². The van der Waals surface area contributed by atoms with Gasteiger partial charge in [0, 0.05) is 12.0 Å². The predicted octanol–water partition coefficient (Wildman–Crippen LogP) is 2.53. The molecule has 90 valence electrons. The number of nitrogens with two attached hydrogens (primary N) is 1. The summed E-state index contributed by atoms with van der Waals surface area (Å²) in [6.07, 6.45) is 1.46. The van der Waals surface area contributed by atoms with Gasteiger partial charge in [-0.2, -0.15) is 4.98 Å². The minimum Gasteiger partial charge on any atom is -0.339 e. The van der Waals surface area contributed by atoms with E-state index in [2.05, 4.69) is 26.1 Å². The van der Waals surface area contributed by atoms with E-state index in [1.54, 1.807) is 12.1 Å². The van der Waals surface area contributed by atoms with E-state index in [4.69, 9.17) is 10.3 Å². The first-order valence-corrected chi connectivity index (χ1v) is 5.98. The second kappa shape index (κ2) is 5.37. The molecule has 0 atom stereocenters. The Morgan fingerprint density at radius 2 is 2.24 bits per heavy atom. The Hall–Kier alpha value is -1.27. The molecule has 0 unspecified atom stereocenters. The van der Waals surface area contributed by atoms with E-state index in [1.165, 1.54) is 6.07 Å². The van der Waals surface area contributed by atoms with Gasteiger partial charge in [0.1, 0.15) is 5.82 Å². The van der Waals surface area contributed by atoms with Crippen molar-refractivity contribution in [3.63, 3.8) is 0 Å². The van der Waals surface area contributed by atoms with Crippen molar-refractivity contribution in [3.8, 4) is 11.4 Å². The Kier molecular flexibility index (Phi) is 3.86. The van der Waals surface area contributed by atoms with Crippen LogP contribution in [0.5, 0.6) is 0 Å². The molecular formula is C11H11BrFN3O. The van der Waals surface area contributed by atoms with Crippen molar-refractivity contribution < 1.29 is 8.91 Å². The monoisotopic (exact) mass is 299 g/mol. The van der Waals surface area contributed by atoms with Crippen molar-refractivity contribution in [2.75, 3.05) is 6.54 Å². The molecule has 2 aromatic rings. The Balaban J connectivity index is 2.21. The van der Waals surface area contributed by atoms with Crippen LogP contribution in [0.2, 0.25) is 0 Å². The molecule has 1 heterocycles. The summed E-state index contributed by atoms with van der Waals surface area (Å²) < 4.78 is 18.5. The Morgan fingerprint density at radius 1 is 1.41 bits per heavy atom. The van der Waals surface area contributed by atoms with Crippen LogP contribution in [0.1, 0.15) is 12.3 Å². The maximum atomic E-state index is 13.1. The second-order valence-corrected chi connectivity index (χ2v) is 4.39. The molecule has 1 aromatic carbocycles. The number of benzene rings is 1. The van der Waals surface area contributed by atoms with Gasteiger partial charge in [-0.15, -0.1) is 0 Å². The molecule has 1 aromatic heterocycles. The maximum Gasteiger partial charge on any atom is 0.227 e. The molecule has 0 saturated heterocycles. The molecular weight excluding hydrogens is 289 g/mol. The smallest absolute Gasteiger partial charge is 0.227 e. The van der Waals surface area contributed by atoms with Gasteiger partial charge in [0.2, 0.25) is 11.7 Å². The van der Waals surface area contributed by atoms with Crippen LogP contribution in [0.3, 0.4) is 0 Å². The van der Waals surface area contributed by atoms with Gasteiger partial charge in [0.15, 0.2) is 0 Å². The normalized spacial score (nSPS) is 10.8. The number of hydrogen-bond donors (Lipinski definition) is 1. The lowest BCUT2D eigenvalue weighted by Gasteiger charge is -1.96. The molecule has 0 aliphatic carbocycles. The van der Waals surface area contributed by atoms with Crippen LogP contribution in [0.15, 0.2) is 27.2 Å². The zero-order valence-electron chi connectivity index (χ0n) is 8.99. The minimum atomic E-state index is -0.319. The van der Waals surface area contributed by atoms with Crippen molar-refractivity contribution >= 4 is 15.9 Å². The summed E-state index contributed by atoms with van der Waals surface area (Å²) in [4.78, 5) is 4.21. The fraction of sp³-hybridized carbons (Fsp3) is 0.273. The highest BCUT2D eigenvalue weighted by molar-refractivity contribution is 9.10. The van der Waals surface area contributed by atoms with Gasteiger partial charge < -0.3 is 10.3 Å². The average molecular weight is 300 g/mol. The third kappa shape index (κ3) is 2.89. The van der Waals surface area contributed by atoms with Crippen LogP contribution in [-0.4, -0.2) is 16.7 Å². The van der Waals surface area contributed by atoms with E-state index >= 15 is 0 Å². The highest BCUT2D eigenvalue weighted by Gasteiger charge is 2.09. The molecule has 0 amide bonds. The zero-order chi connectivity index (χ0) is 12.3. The molecule has 0 spiro atoms. The summed E-state index contributed by atoms with van der Waals surface area (Å²) in [7, 11) is 0. The SMILES string of the molecule is NCCCc1nc(-c2ccc(F)c(Br)c2)no1. The molecule has 17 heavy (non-hydrogen) atoms. The molecule has 0 radical (unpaired) electrons. The summed E-state index contributed by atoms with van der Waals surface area (Å²) in [5.74, 6) is 0.684. The van der Waals surface area contributed by atoms with Crippen LogP contribution in [0, 0.1) is 5.82 Å². The summed E-state index contributed by atoms with van der Waals surface area (Å²) in [5.41, 5.74) is 6.10. The van der Waals surface area contributed by atoms with Gasteiger partial charge in [-0.25, -0.2) is 4.39 Å². The average Bonchev–Trinajstić information content (AvgIpc) is 2.79. The van der Waals surface area contributed by atoms with Gasteiger partial charge in [-0.05, 0) is 47.1 Å². The van der Waals surface area contributed by atoms with Crippen LogP contribution in [-0.2, 0) is 6.42 Å². The summed E-state index contributed by atoms with van der Waals surface area (Å²) >= 11 is 3.11. The van der Waals surface area contributed by atoms with Crippen molar-refractivity contribution in [2.45, 2.75) is 12.8 Å².